The van der Waals surface area contributed by atoms with Crippen LogP contribution >= 0.6 is 11.3 Å². The third-order valence-corrected chi connectivity index (χ3v) is 2.95. The Labute approximate surface area is 94.2 Å². The number of nitrogens with zero attached hydrogens (tertiary/aromatic N) is 3. The highest BCUT2D eigenvalue weighted by Gasteiger charge is 2.07. The van der Waals surface area contributed by atoms with Crippen LogP contribution in [0.15, 0.2) is 30.5 Å². The molecular weight excluding hydrogens is 227 g/mol. The molecule has 0 atom stereocenters. The van der Waals surface area contributed by atoms with Crippen LogP contribution < -0.4 is 5.73 Å². The van der Waals surface area contributed by atoms with Crippen LogP contribution in [0.3, 0.4) is 0 Å². The Morgan fingerprint density at radius 1 is 1.25 bits per heavy atom. The summed E-state index contributed by atoms with van der Waals surface area (Å²) >= 11 is 1.32. The Hall–Kier alpha value is -1.95. The lowest BCUT2D eigenvalue weighted by Crippen LogP contribution is -1.85. The van der Waals surface area contributed by atoms with Gasteiger partial charge in [-0.25, -0.2) is 13.9 Å². The van der Waals surface area contributed by atoms with Gasteiger partial charge in [0.15, 0.2) is 0 Å². The maximum atomic E-state index is 12.7. The normalized spacial score (nSPS) is 11.1. The minimum Gasteiger partial charge on any atom is -0.374 e. The van der Waals surface area contributed by atoms with Crippen LogP contribution in [0.2, 0.25) is 0 Å². The van der Waals surface area contributed by atoms with Crippen molar-refractivity contribution in [1.29, 1.82) is 0 Å². The predicted molar refractivity (Wildman–Crippen MR) is 60.7 cm³/mol. The molecule has 0 aliphatic carbocycles. The van der Waals surface area contributed by atoms with E-state index in [4.69, 9.17) is 5.73 Å². The Balaban J connectivity index is 2.11. The summed E-state index contributed by atoms with van der Waals surface area (Å²) in [5.74, 6) is -0.257. The van der Waals surface area contributed by atoms with Gasteiger partial charge in [-0.05, 0) is 24.3 Å². The highest BCUT2D eigenvalue weighted by atomic mass is 32.1. The van der Waals surface area contributed by atoms with Gasteiger partial charge in [-0.2, -0.15) is 0 Å². The van der Waals surface area contributed by atoms with Gasteiger partial charge in [-0.15, -0.1) is 5.10 Å². The van der Waals surface area contributed by atoms with E-state index >= 15 is 0 Å². The summed E-state index contributed by atoms with van der Waals surface area (Å²) in [6.07, 6.45) is 1.77. The third-order valence-electron chi connectivity index (χ3n) is 2.20. The highest BCUT2D eigenvalue weighted by Crippen LogP contribution is 2.22. The van der Waals surface area contributed by atoms with E-state index in [1.54, 1.807) is 22.8 Å². The number of nitrogen functional groups attached to an aromatic ring is 1. The minimum absolute atomic E-state index is 0.257. The second kappa shape index (κ2) is 3.28. The molecule has 0 saturated heterocycles. The van der Waals surface area contributed by atoms with Crippen LogP contribution in [0, 0.1) is 5.82 Å². The lowest BCUT2D eigenvalue weighted by Gasteiger charge is -1.94. The minimum atomic E-state index is -0.257. The molecule has 2 heterocycles. The van der Waals surface area contributed by atoms with Crippen molar-refractivity contribution in [3.8, 4) is 11.3 Å². The molecule has 6 heteroatoms. The van der Waals surface area contributed by atoms with Crippen LogP contribution in [0.4, 0.5) is 9.52 Å². The van der Waals surface area contributed by atoms with Crippen LogP contribution in [-0.2, 0) is 0 Å². The predicted octanol–water partition coefficient (Wildman–Crippen LogP) is 2.18. The van der Waals surface area contributed by atoms with E-state index in [0.717, 1.165) is 16.2 Å². The first-order valence-electron chi connectivity index (χ1n) is 4.60. The first kappa shape index (κ1) is 9.29. The van der Waals surface area contributed by atoms with Gasteiger partial charge in [0.05, 0.1) is 11.9 Å². The monoisotopic (exact) mass is 234 g/mol. The van der Waals surface area contributed by atoms with Gasteiger partial charge in [0.2, 0.25) is 10.1 Å². The van der Waals surface area contributed by atoms with Crippen LogP contribution in [0.1, 0.15) is 0 Å². The number of benzene rings is 1. The van der Waals surface area contributed by atoms with Gasteiger partial charge in [0.1, 0.15) is 5.82 Å². The van der Waals surface area contributed by atoms with Crippen molar-refractivity contribution in [3.05, 3.63) is 36.3 Å². The molecule has 3 rings (SSSR count). The zero-order chi connectivity index (χ0) is 11.1. The van der Waals surface area contributed by atoms with Crippen molar-refractivity contribution in [1.82, 2.24) is 14.6 Å². The number of anilines is 1. The first-order chi connectivity index (χ1) is 7.72. The van der Waals surface area contributed by atoms with Crippen LogP contribution in [0.5, 0.6) is 0 Å². The van der Waals surface area contributed by atoms with Crippen molar-refractivity contribution < 1.29 is 4.39 Å². The summed E-state index contributed by atoms with van der Waals surface area (Å²) in [6.45, 7) is 0. The van der Waals surface area contributed by atoms with E-state index in [1.165, 1.54) is 23.5 Å². The molecule has 1 aromatic carbocycles. The average molecular weight is 234 g/mol. The second-order valence-corrected chi connectivity index (χ2v) is 4.29. The van der Waals surface area contributed by atoms with Crippen molar-refractivity contribution in [2.75, 3.05) is 5.73 Å². The summed E-state index contributed by atoms with van der Waals surface area (Å²) in [5, 5.41) is 4.53. The molecule has 80 valence electrons. The number of rotatable bonds is 1. The van der Waals surface area contributed by atoms with Gasteiger partial charge in [-0.3, -0.25) is 0 Å². The largest absolute Gasteiger partial charge is 0.374 e. The lowest BCUT2D eigenvalue weighted by atomic mass is 10.2. The summed E-state index contributed by atoms with van der Waals surface area (Å²) < 4.78 is 14.4. The number of halogens is 1. The molecule has 0 aliphatic rings. The van der Waals surface area contributed by atoms with E-state index in [0.29, 0.717) is 5.13 Å². The van der Waals surface area contributed by atoms with E-state index in [9.17, 15) is 4.39 Å². The number of fused-ring (bicyclic) bond motifs is 1. The first-order valence-corrected chi connectivity index (χ1v) is 5.42. The lowest BCUT2D eigenvalue weighted by molar-refractivity contribution is 0.628. The van der Waals surface area contributed by atoms with Gasteiger partial charge >= 0.3 is 0 Å². The van der Waals surface area contributed by atoms with Crippen molar-refractivity contribution in [3.63, 3.8) is 0 Å². The zero-order valence-electron chi connectivity index (χ0n) is 8.09. The SMILES string of the molecule is Nc1nn2cc(-c3ccc(F)cc3)nc2s1. The zero-order valence-corrected chi connectivity index (χ0v) is 8.91. The van der Waals surface area contributed by atoms with E-state index in [2.05, 4.69) is 10.1 Å². The number of nitrogens with two attached hydrogens (primary N) is 1. The van der Waals surface area contributed by atoms with Gasteiger partial charge < -0.3 is 5.73 Å². The van der Waals surface area contributed by atoms with Crippen molar-refractivity contribution in [2.45, 2.75) is 0 Å². The Kier molecular flexibility index (Phi) is 1.90. The van der Waals surface area contributed by atoms with E-state index in [1.807, 2.05) is 0 Å². The van der Waals surface area contributed by atoms with E-state index < -0.39 is 0 Å². The second-order valence-electron chi connectivity index (χ2n) is 3.30. The fourth-order valence-corrected chi connectivity index (χ4v) is 2.12. The molecule has 16 heavy (non-hydrogen) atoms. The molecule has 3 aromatic rings. The molecule has 4 nitrogen and oxygen atoms in total. The molecule has 0 radical (unpaired) electrons. The third kappa shape index (κ3) is 1.43. The maximum Gasteiger partial charge on any atom is 0.214 e. The summed E-state index contributed by atoms with van der Waals surface area (Å²) in [6, 6.07) is 6.19. The topological polar surface area (TPSA) is 56.2 Å². The Morgan fingerprint density at radius 2 is 2.00 bits per heavy atom. The molecule has 0 unspecified atom stereocenters. The molecule has 0 amide bonds. The van der Waals surface area contributed by atoms with Crippen molar-refractivity contribution >= 4 is 21.4 Å². The molecule has 0 fully saturated rings. The summed E-state index contributed by atoms with van der Waals surface area (Å²) in [4.78, 5) is 5.08. The fraction of sp³-hybridized carbons (Fsp3) is 0. The summed E-state index contributed by atoms with van der Waals surface area (Å²) in [5.41, 5.74) is 7.16. The van der Waals surface area contributed by atoms with Gasteiger partial charge in [0.25, 0.3) is 0 Å². The molecule has 2 aromatic heterocycles. The molecule has 0 spiro atoms. The maximum absolute atomic E-state index is 12.7. The van der Waals surface area contributed by atoms with Crippen LogP contribution in [-0.4, -0.2) is 14.6 Å². The number of hydrogen-bond donors (Lipinski definition) is 1. The number of hydrogen-bond acceptors (Lipinski definition) is 4. The Bertz CT molecular complexity index is 609. The van der Waals surface area contributed by atoms with Gasteiger partial charge in [0, 0.05) is 5.56 Å². The number of imidazole rings is 1. The highest BCUT2D eigenvalue weighted by molar-refractivity contribution is 7.20. The average Bonchev–Trinajstić information content (AvgIpc) is 2.75. The quantitative estimate of drug-likeness (QED) is 0.702. The molecule has 0 aliphatic heterocycles. The van der Waals surface area contributed by atoms with E-state index in [-0.39, 0.29) is 5.82 Å². The Morgan fingerprint density at radius 3 is 2.69 bits per heavy atom. The standard InChI is InChI=1S/C10H7FN4S/c11-7-3-1-6(2-4-7)8-5-15-10(13-8)16-9(12)14-15/h1-5H,(H2,12,14). The molecule has 0 bridgehead atoms. The van der Waals surface area contributed by atoms with Gasteiger partial charge in [-0.1, -0.05) is 11.3 Å². The molecule has 2 N–H and O–H groups in total. The molecular formula is C10H7FN4S. The fourth-order valence-electron chi connectivity index (χ4n) is 1.48. The smallest absolute Gasteiger partial charge is 0.214 e. The molecule has 0 saturated carbocycles. The number of aromatic nitrogens is 3. The summed E-state index contributed by atoms with van der Waals surface area (Å²) in [7, 11) is 0. The van der Waals surface area contributed by atoms with Crippen molar-refractivity contribution in [2.24, 2.45) is 0 Å². The van der Waals surface area contributed by atoms with Crippen LogP contribution in [0.25, 0.3) is 16.2 Å².